The number of carbonyl (C=O) groups excluding carboxylic acids is 1. The number of epoxide rings is 1. The van der Waals surface area contributed by atoms with Crippen molar-refractivity contribution in [3.8, 4) is 5.75 Å². The molecule has 244 valence electrons. The lowest BCUT2D eigenvalue weighted by Crippen LogP contribution is -2.40. The molecule has 1 N–H and O–H groups in total. The van der Waals surface area contributed by atoms with Crippen LogP contribution in [0, 0.1) is 0 Å². The van der Waals surface area contributed by atoms with Crippen molar-refractivity contribution in [2.24, 2.45) is 0 Å². The van der Waals surface area contributed by atoms with Crippen molar-refractivity contribution in [1.82, 2.24) is 0 Å². The number of allylic oxidation sites excluding steroid dienone is 1. The molecule has 0 amide bonds. The van der Waals surface area contributed by atoms with Crippen LogP contribution in [0.25, 0.3) is 0 Å². The molecule has 1 unspecified atom stereocenters. The Kier molecular flexibility index (Phi) is 14.6. The van der Waals surface area contributed by atoms with Gasteiger partial charge in [-0.3, -0.25) is 4.79 Å². The van der Waals surface area contributed by atoms with E-state index in [4.69, 9.17) is 23.4 Å². The second-order valence-electron chi connectivity index (χ2n) is 13.1. The summed E-state index contributed by atoms with van der Waals surface area (Å²) in [4.78, 5) is 12.2. The summed E-state index contributed by atoms with van der Waals surface area (Å²) in [5.74, 6) is 0.432. The Morgan fingerprint density at radius 2 is 1.72 bits per heavy atom. The van der Waals surface area contributed by atoms with E-state index in [-0.39, 0.29) is 18.6 Å². The van der Waals surface area contributed by atoms with Crippen molar-refractivity contribution in [2.45, 2.75) is 142 Å². The number of hydrogen-bond acceptors (Lipinski definition) is 7. The van der Waals surface area contributed by atoms with E-state index in [0.29, 0.717) is 19.6 Å². The first-order valence-electron chi connectivity index (χ1n) is 16.0. The summed E-state index contributed by atoms with van der Waals surface area (Å²) in [7, 11) is -0.165. The minimum absolute atomic E-state index is 0.0341. The molecule has 4 atom stereocenters. The van der Waals surface area contributed by atoms with Crippen LogP contribution in [0.4, 0.5) is 0 Å². The standard InChI is InChI=1S/C35H58O7Si/c1-11-43(12-2,13-3)42-30(20-14-26(4)22-23-39-25-28-16-18-29(38-10)19-17-28)27(5)15-21-32-35(9,40-32)31(36)24-33(37)41-34(6,7)8/h15-19,22,30-32,36H,11-14,20-21,23-25H2,1-10H3/b26-22+,27-15+/t30-,31?,32-,35-/m0/s1. The lowest BCUT2D eigenvalue weighted by Gasteiger charge is -2.34. The van der Waals surface area contributed by atoms with Crippen LogP contribution in [0.15, 0.2) is 47.6 Å². The second kappa shape index (κ2) is 16.9. The molecule has 43 heavy (non-hydrogen) atoms. The maximum absolute atomic E-state index is 12.2. The molecule has 1 aliphatic heterocycles. The van der Waals surface area contributed by atoms with Gasteiger partial charge in [0.05, 0.1) is 45.1 Å². The Hall–Kier alpha value is -1.97. The summed E-state index contributed by atoms with van der Waals surface area (Å²) < 4.78 is 29.4. The van der Waals surface area contributed by atoms with Crippen molar-refractivity contribution >= 4 is 14.3 Å². The average molecular weight is 619 g/mol. The zero-order chi connectivity index (χ0) is 32.3. The summed E-state index contributed by atoms with van der Waals surface area (Å²) >= 11 is 0. The van der Waals surface area contributed by atoms with Gasteiger partial charge in [0.15, 0.2) is 8.32 Å². The third-order valence-corrected chi connectivity index (χ3v) is 13.3. The van der Waals surface area contributed by atoms with E-state index in [2.05, 4.69) is 46.8 Å². The molecule has 1 aromatic carbocycles. The Balaban J connectivity index is 1.98. The number of hydrogen-bond donors (Lipinski definition) is 1. The third-order valence-electron chi connectivity index (χ3n) is 8.69. The number of aliphatic hydroxyl groups excluding tert-OH is 1. The minimum atomic E-state index is -1.83. The smallest absolute Gasteiger partial charge is 0.309 e. The van der Waals surface area contributed by atoms with Gasteiger partial charge >= 0.3 is 5.97 Å². The van der Waals surface area contributed by atoms with Gasteiger partial charge in [-0.25, -0.2) is 0 Å². The molecule has 2 rings (SSSR count). The number of methoxy groups -OCH3 is 1. The minimum Gasteiger partial charge on any atom is -0.497 e. The predicted molar refractivity (Wildman–Crippen MR) is 176 cm³/mol. The van der Waals surface area contributed by atoms with Crippen molar-refractivity contribution in [3.05, 3.63) is 53.1 Å². The number of benzene rings is 1. The van der Waals surface area contributed by atoms with Crippen LogP contribution in [0.3, 0.4) is 0 Å². The van der Waals surface area contributed by atoms with Gasteiger partial charge in [0.1, 0.15) is 17.0 Å². The van der Waals surface area contributed by atoms with E-state index in [0.717, 1.165) is 42.3 Å². The van der Waals surface area contributed by atoms with Gasteiger partial charge in [0.25, 0.3) is 0 Å². The first-order chi connectivity index (χ1) is 20.2. The molecule has 1 heterocycles. The van der Waals surface area contributed by atoms with Crippen LogP contribution in [0.1, 0.15) is 93.6 Å². The van der Waals surface area contributed by atoms with E-state index in [1.165, 1.54) is 11.1 Å². The number of carbonyl (C=O) groups is 1. The van der Waals surface area contributed by atoms with Crippen molar-refractivity contribution in [2.75, 3.05) is 13.7 Å². The lowest BCUT2D eigenvalue weighted by atomic mass is 9.95. The van der Waals surface area contributed by atoms with Crippen LogP contribution in [0.5, 0.6) is 5.75 Å². The fraction of sp³-hybridized carbons (Fsp3) is 0.686. The van der Waals surface area contributed by atoms with Gasteiger partial charge < -0.3 is 28.5 Å². The SMILES string of the molecule is CC[Si](CC)(CC)O[C@@H](CC/C(C)=C/COCc1ccc(OC)cc1)/C(C)=C/C[C@@H]1O[C@@]1(C)C(O)CC(=O)OC(C)(C)C. The molecule has 0 spiro atoms. The normalized spacial score (nSPS) is 21.0. The van der Waals surface area contributed by atoms with Crippen molar-refractivity contribution in [3.63, 3.8) is 0 Å². The highest BCUT2D eigenvalue weighted by atomic mass is 28.4. The molecular formula is C35H58O7Si. The number of ether oxygens (including phenoxy) is 4. The van der Waals surface area contributed by atoms with Crippen LogP contribution >= 0.6 is 0 Å². The molecule has 0 saturated carbocycles. The van der Waals surface area contributed by atoms with E-state index in [9.17, 15) is 9.90 Å². The van der Waals surface area contributed by atoms with Crippen molar-refractivity contribution < 1.29 is 33.3 Å². The molecule has 0 aliphatic carbocycles. The number of esters is 1. The van der Waals surface area contributed by atoms with Gasteiger partial charge in [-0.05, 0) is 102 Å². The summed E-state index contributed by atoms with van der Waals surface area (Å²) in [5.41, 5.74) is 2.28. The third kappa shape index (κ3) is 12.1. The summed E-state index contributed by atoms with van der Waals surface area (Å²) in [6.07, 6.45) is 5.77. The molecule has 7 nitrogen and oxygen atoms in total. The average Bonchev–Trinajstić information content (AvgIpc) is 3.64. The Morgan fingerprint density at radius 1 is 1.09 bits per heavy atom. The molecule has 1 fully saturated rings. The maximum Gasteiger partial charge on any atom is 0.309 e. The molecule has 0 radical (unpaired) electrons. The second-order valence-corrected chi connectivity index (χ2v) is 17.8. The number of rotatable bonds is 19. The first kappa shape index (κ1) is 37.2. The van der Waals surface area contributed by atoms with Crippen molar-refractivity contribution in [1.29, 1.82) is 0 Å². The fourth-order valence-corrected chi connectivity index (χ4v) is 8.16. The van der Waals surface area contributed by atoms with E-state index in [1.54, 1.807) is 7.11 Å². The van der Waals surface area contributed by atoms with E-state index >= 15 is 0 Å². The highest BCUT2D eigenvalue weighted by molar-refractivity contribution is 6.73. The highest BCUT2D eigenvalue weighted by Crippen LogP contribution is 2.43. The van der Waals surface area contributed by atoms with Gasteiger partial charge in [-0.1, -0.05) is 50.6 Å². The van der Waals surface area contributed by atoms with Crippen LogP contribution in [-0.2, 0) is 30.0 Å². The zero-order valence-corrected chi connectivity index (χ0v) is 29.5. The Labute approximate surface area is 262 Å². The van der Waals surface area contributed by atoms with Gasteiger partial charge in [-0.2, -0.15) is 0 Å². The van der Waals surface area contributed by atoms with Crippen LogP contribution < -0.4 is 4.74 Å². The molecule has 1 saturated heterocycles. The van der Waals surface area contributed by atoms with Gasteiger partial charge in [0.2, 0.25) is 0 Å². The predicted octanol–water partition coefficient (Wildman–Crippen LogP) is 7.92. The molecular weight excluding hydrogens is 560 g/mol. The summed E-state index contributed by atoms with van der Waals surface area (Å²) in [6, 6.07) is 11.2. The Morgan fingerprint density at radius 3 is 2.28 bits per heavy atom. The highest BCUT2D eigenvalue weighted by Gasteiger charge is 2.57. The van der Waals surface area contributed by atoms with Crippen LogP contribution in [-0.4, -0.2) is 62.6 Å². The van der Waals surface area contributed by atoms with Gasteiger partial charge in [0, 0.05) is 0 Å². The largest absolute Gasteiger partial charge is 0.497 e. The molecule has 0 aromatic heterocycles. The lowest BCUT2D eigenvalue weighted by molar-refractivity contribution is -0.158. The molecule has 0 bridgehead atoms. The fourth-order valence-electron chi connectivity index (χ4n) is 5.26. The molecule has 1 aromatic rings. The summed E-state index contributed by atoms with van der Waals surface area (Å²) in [6.45, 7) is 19.6. The summed E-state index contributed by atoms with van der Waals surface area (Å²) in [5, 5.41) is 10.7. The van der Waals surface area contributed by atoms with E-state index in [1.807, 2.05) is 52.0 Å². The quantitative estimate of drug-likeness (QED) is 0.0554. The topological polar surface area (TPSA) is 86.8 Å². The monoisotopic (exact) mass is 618 g/mol. The first-order valence-corrected chi connectivity index (χ1v) is 18.5. The molecule has 1 aliphatic rings. The van der Waals surface area contributed by atoms with Crippen LogP contribution in [0.2, 0.25) is 18.1 Å². The number of aliphatic hydroxyl groups is 1. The maximum atomic E-state index is 12.2. The Bertz CT molecular complexity index is 1050. The van der Waals surface area contributed by atoms with Gasteiger partial charge in [-0.15, -0.1) is 0 Å². The van der Waals surface area contributed by atoms with E-state index < -0.39 is 31.6 Å². The zero-order valence-electron chi connectivity index (χ0n) is 28.5. The molecule has 8 heteroatoms.